The molecule has 0 aromatic heterocycles. The number of halogens is 4. The molecule has 8 heteroatoms. The highest BCUT2D eigenvalue weighted by Crippen LogP contribution is 2.35. The normalized spacial score (nSPS) is 12.1. The zero-order valence-electron chi connectivity index (χ0n) is 13.6. The third kappa shape index (κ3) is 6.15. The minimum absolute atomic E-state index is 0.0417. The van der Waals surface area contributed by atoms with Crippen LogP contribution >= 0.6 is 0 Å². The van der Waals surface area contributed by atoms with Gasteiger partial charge in [-0.25, -0.2) is 4.39 Å². The van der Waals surface area contributed by atoms with Crippen molar-refractivity contribution in [3.05, 3.63) is 29.1 Å². The van der Waals surface area contributed by atoms with Crippen molar-refractivity contribution >= 4 is 11.6 Å². The number of alkyl halides is 3. The van der Waals surface area contributed by atoms with Crippen LogP contribution in [-0.4, -0.2) is 49.9 Å². The van der Waals surface area contributed by atoms with Crippen LogP contribution in [0.2, 0.25) is 0 Å². The summed E-state index contributed by atoms with van der Waals surface area (Å²) in [7, 11) is 5.39. The van der Waals surface area contributed by atoms with Gasteiger partial charge in [-0.1, -0.05) is 0 Å². The van der Waals surface area contributed by atoms with Crippen LogP contribution in [0, 0.1) is 5.82 Å². The topological polar surface area (TPSA) is 35.6 Å². The van der Waals surface area contributed by atoms with Crippen molar-refractivity contribution in [2.45, 2.75) is 19.6 Å². The lowest BCUT2D eigenvalue weighted by molar-refractivity contribution is -0.138. The standard InChI is InChI=1S/C15H21F4N3O/c1-10(23)20-14-8-12(15(17,18)19)11(7-13(14)16)9-22(4)6-5-21(2)3/h7-8H,5-6,9H2,1-4H3,(H,20,23). The number of nitrogens with one attached hydrogen (secondary N) is 1. The van der Waals surface area contributed by atoms with Gasteiger partial charge in [-0.15, -0.1) is 0 Å². The van der Waals surface area contributed by atoms with E-state index in [0.717, 1.165) is 13.0 Å². The van der Waals surface area contributed by atoms with Gasteiger partial charge in [0.25, 0.3) is 0 Å². The highest BCUT2D eigenvalue weighted by Gasteiger charge is 2.34. The number of likely N-dealkylation sites (N-methyl/N-ethyl adjacent to an activating group) is 2. The third-order valence-corrected chi connectivity index (χ3v) is 3.18. The fourth-order valence-corrected chi connectivity index (χ4v) is 2.04. The highest BCUT2D eigenvalue weighted by molar-refractivity contribution is 5.89. The van der Waals surface area contributed by atoms with Gasteiger partial charge in [0.2, 0.25) is 5.91 Å². The van der Waals surface area contributed by atoms with E-state index in [1.54, 1.807) is 11.9 Å². The van der Waals surface area contributed by atoms with Crippen LogP contribution in [0.3, 0.4) is 0 Å². The first kappa shape index (κ1) is 19.4. The van der Waals surface area contributed by atoms with Crippen molar-refractivity contribution in [3.8, 4) is 0 Å². The van der Waals surface area contributed by atoms with Gasteiger partial charge in [0.05, 0.1) is 11.3 Å². The Kier molecular flexibility index (Phi) is 6.52. The number of nitrogens with zero attached hydrogens (tertiary/aromatic N) is 2. The van der Waals surface area contributed by atoms with E-state index in [1.807, 2.05) is 19.0 Å². The molecule has 1 aromatic rings. The SMILES string of the molecule is CC(=O)Nc1cc(C(F)(F)F)c(CN(C)CCN(C)C)cc1F. The number of carbonyl (C=O) groups excluding carboxylic acids is 1. The first-order valence-electron chi connectivity index (χ1n) is 7.01. The molecule has 0 radical (unpaired) electrons. The number of carbonyl (C=O) groups is 1. The van der Waals surface area contributed by atoms with Crippen LogP contribution in [0.1, 0.15) is 18.1 Å². The predicted octanol–water partition coefficient (Wildman–Crippen LogP) is 2.80. The van der Waals surface area contributed by atoms with Gasteiger partial charge in [0.1, 0.15) is 5.82 Å². The van der Waals surface area contributed by atoms with E-state index in [-0.39, 0.29) is 12.1 Å². The summed E-state index contributed by atoms with van der Waals surface area (Å²) in [6, 6.07) is 1.48. The second-order valence-corrected chi connectivity index (χ2v) is 5.71. The molecule has 0 bridgehead atoms. The van der Waals surface area contributed by atoms with Gasteiger partial charge in [-0.3, -0.25) is 4.79 Å². The predicted molar refractivity (Wildman–Crippen MR) is 80.6 cm³/mol. The van der Waals surface area contributed by atoms with Crippen LogP contribution < -0.4 is 5.32 Å². The highest BCUT2D eigenvalue weighted by atomic mass is 19.4. The minimum atomic E-state index is -4.63. The summed E-state index contributed by atoms with van der Waals surface area (Å²) in [5, 5.41) is 2.07. The summed E-state index contributed by atoms with van der Waals surface area (Å²) in [6.45, 7) is 2.28. The molecule has 0 aliphatic rings. The van der Waals surface area contributed by atoms with Gasteiger partial charge in [0, 0.05) is 26.6 Å². The molecule has 0 aliphatic heterocycles. The number of benzene rings is 1. The molecule has 1 rings (SSSR count). The Labute approximate surface area is 133 Å². The molecule has 1 amide bonds. The molecular weight excluding hydrogens is 314 g/mol. The van der Waals surface area contributed by atoms with Crippen molar-refractivity contribution in [3.63, 3.8) is 0 Å². The lowest BCUT2D eigenvalue weighted by atomic mass is 10.0. The molecule has 0 fully saturated rings. The van der Waals surface area contributed by atoms with Crippen LogP contribution in [0.15, 0.2) is 12.1 Å². The van der Waals surface area contributed by atoms with E-state index in [9.17, 15) is 22.4 Å². The van der Waals surface area contributed by atoms with Crippen molar-refractivity contribution < 1.29 is 22.4 Å². The first-order chi connectivity index (χ1) is 10.5. The van der Waals surface area contributed by atoms with Crippen LogP contribution in [0.25, 0.3) is 0 Å². The molecule has 130 valence electrons. The van der Waals surface area contributed by atoms with Crippen LogP contribution in [0.4, 0.5) is 23.2 Å². The molecule has 4 nitrogen and oxygen atoms in total. The molecule has 23 heavy (non-hydrogen) atoms. The van der Waals surface area contributed by atoms with Crippen LogP contribution in [-0.2, 0) is 17.5 Å². The maximum Gasteiger partial charge on any atom is 0.416 e. The maximum atomic E-state index is 13.9. The van der Waals surface area contributed by atoms with Gasteiger partial charge < -0.3 is 15.1 Å². The van der Waals surface area contributed by atoms with Gasteiger partial charge >= 0.3 is 6.18 Å². The molecule has 1 N–H and O–H groups in total. The van der Waals surface area contributed by atoms with E-state index >= 15 is 0 Å². The second-order valence-electron chi connectivity index (χ2n) is 5.71. The third-order valence-electron chi connectivity index (χ3n) is 3.18. The number of hydrogen-bond acceptors (Lipinski definition) is 3. The Hall–Kier alpha value is -1.67. The van der Waals surface area contributed by atoms with Crippen molar-refractivity contribution in [2.24, 2.45) is 0 Å². The first-order valence-corrected chi connectivity index (χ1v) is 7.01. The Morgan fingerprint density at radius 3 is 2.26 bits per heavy atom. The maximum absolute atomic E-state index is 13.9. The summed E-state index contributed by atoms with van der Waals surface area (Å²) >= 11 is 0. The van der Waals surface area contributed by atoms with E-state index in [4.69, 9.17) is 0 Å². The average molecular weight is 335 g/mol. The molecular formula is C15H21F4N3O. The lowest BCUT2D eigenvalue weighted by Gasteiger charge is -2.22. The number of amides is 1. The molecule has 0 saturated carbocycles. The molecule has 0 atom stereocenters. The number of rotatable bonds is 6. The van der Waals surface area contributed by atoms with Crippen LogP contribution in [0.5, 0.6) is 0 Å². The Morgan fingerprint density at radius 1 is 1.17 bits per heavy atom. The van der Waals surface area contributed by atoms with E-state index in [2.05, 4.69) is 5.32 Å². The Morgan fingerprint density at radius 2 is 1.78 bits per heavy atom. The molecule has 0 heterocycles. The smallest absolute Gasteiger partial charge is 0.324 e. The molecule has 0 saturated heterocycles. The van der Waals surface area contributed by atoms with E-state index in [0.29, 0.717) is 19.2 Å². The van der Waals surface area contributed by atoms with Crippen molar-refractivity contribution in [1.82, 2.24) is 9.80 Å². The molecule has 1 aromatic carbocycles. The second kappa shape index (κ2) is 7.74. The quantitative estimate of drug-likeness (QED) is 0.812. The average Bonchev–Trinajstić information content (AvgIpc) is 2.37. The van der Waals surface area contributed by atoms with E-state index in [1.165, 1.54) is 0 Å². The van der Waals surface area contributed by atoms with Gasteiger partial charge in [0.15, 0.2) is 0 Å². The number of hydrogen-bond donors (Lipinski definition) is 1. The molecule has 0 unspecified atom stereocenters. The van der Waals surface area contributed by atoms with E-state index < -0.39 is 29.2 Å². The van der Waals surface area contributed by atoms with Gasteiger partial charge in [-0.2, -0.15) is 13.2 Å². The summed E-state index contributed by atoms with van der Waals surface area (Å²) < 4.78 is 53.5. The van der Waals surface area contributed by atoms with Gasteiger partial charge in [-0.05, 0) is 38.8 Å². The summed E-state index contributed by atoms with van der Waals surface area (Å²) in [5.74, 6) is -1.52. The summed E-state index contributed by atoms with van der Waals surface area (Å²) in [6.07, 6.45) is -4.63. The minimum Gasteiger partial charge on any atom is -0.324 e. The molecule has 0 spiro atoms. The fraction of sp³-hybridized carbons (Fsp3) is 0.533. The zero-order valence-corrected chi connectivity index (χ0v) is 13.6. The summed E-state index contributed by atoms with van der Waals surface area (Å²) in [5.41, 5.74) is -1.57. The fourth-order valence-electron chi connectivity index (χ4n) is 2.04. The molecule has 0 aliphatic carbocycles. The number of anilines is 1. The Bertz CT molecular complexity index is 558. The Balaban J connectivity index is 3.10. The monoisotopic (exact) mass is 335 g/mol. The van der Waals surface area contributed by atoms with Crippen molar-refractivity contribution in [1.29, 1.82) is 0 Å². The zero-order chi connectivity index (χ0) is 17.8. The van der Waals surface area contributed by atoms with Crippen molar-refractivity contribution in [2.75, 3.05) is 39.5 Å². The lowest BCUT2D eigenvalue weighted by Crippen LogP contribution is -2.29. The summed E-state index contributed by atoms with van der Waals surface area (Å²) in [4.78, 5) is 14.6. The largest absolute Gasteiger partial charge is 0.416 e.